The van der Waals surface area contributed by atoms with Gasteiger partial charge in [-0.05, 0) is 0 Å². The zero-order valence-corrected chi connectivity index (χ0v) is 11.6. The Labute approximate surface area is 113 Å². The van der Waals surface area contributed by atoms with Crippen LogP contribution in [-0.2, 0) is 0 Å². The van der Waals surface area contributed by atoms with Gasteiger partial charge in [0.05, 0.1) is 0 Å². The third-order valence-electron chi connectivity index (χ3n) is 0.498. The molecule has 0 heterocycles. The molecular weight excluding hydrogens is 167 g/mol. The summed E-state index contributed by atoms with van der Waals surface area (Å²) < 4.78 is 0. The molecule has 0 aliphatic heterocycles. The monoisotopic (exact) mass is 185 g/mol. The van der Waals surface area contributed by atoms with Crippen molar-refractivity contribution in [3.8, 4) is 0 Å². The predicted molar refractivity (Wildman–Crippen MR) is 39.5 cm³/mol. The first-order chi connectivity index (χ1) is 4.41. The van der Waals surface area contributed by atoms with Crippen LogP contribution in [0.4, 0.5) is 0 Å². The molecule has 0 bridgehead atoms. The summed E-state index contributed by atoms with van der Waals surface area (Å²) in [7, 11) is 0. The molecule has 3 heteroatoms. The molecule has 64 valence electrons. The fourth-order valence-corrected chi connectivity index (χ4v) is 0.144. The van der Waals surface area contributed by atoms with Gasteiger partial charge in [0.25, 0.3) is 0 Å². The van der Waals surface area contributed by atoms with E-state index in [1.54, 1.807) is 20.8 Å². The van der Waals surface area contributed by atoms with Crippen LogP contribution < -0.4 is 61.6 Å². The second-order valence-corrected chi connectivity index (χ2v) is 3.17. The summed E-state index contributed by atoms with van der Waals surface area (Å²) in [5.41, 5.74) is -0.750. The maximum absolute atomic E-state index is 10.1. The van der Waals surface area contributed by atoms with E-state index in [9.17, 15) is 10.2 Å². The van der Waals surface area contributed by atoms with E-state index in [1.807, 2.05) is 6.92 Å². The fourth-order valence-electron chi connectivity index (χ4n) is 0.144. The van der Waals surface area contributed by atoms with Gasteiger partial charge in [-0.15, -0.1) is 12.2 Å². The maximum atomic E-state index is 10.1. The van der Waals surface area contributed by atoms with Crippen LogP contribution in [0.2, 0.25) is 0 Å². The van der Waals surface area contributed by atoms with Crippen molar-refractivity contribution >= 4 is 0 Å². The van der Waals surface area contributed by atoms with Gasteiger partial charge >= 0.3 is 51.4 Å². The summed E-state index contributed by atoms with van der Waals surface area (Å²) in [6.07, 6.45) is 1.86. The second-order valence-electron chi connectivity index (χ2n) is 3.17. The van der Waals surface area contributed by atoms with Gasteiger partial charge in [-0.1, -0.05) is 40.5 Å². The van der Waals surface area contributed by atoms with Gasteiger partial charge in [0.15, 0.2) is 0 Å². The Morgan fingerprint density at radius 1 is 1.18 bits per heavy atom. The number of hydrogen-bond donors (Lipinski definition) is 0. The minimum atomic E-state index is -0.750. The van der Waals surface area contributed by atoms with Crippen LogP contribution in [0.3, 0.4) is 0 Å². The van der Waals surface area contributed by atoms with E-state index in [-0.39, 0.29) is 58.0 Å². The van der Waals surface area contributed by atoms with E-state index in [4.69, 9.17) is 0 Å². The van der Waals surface area contributed by atoms with Crippen molar-refractivity contribution in [1.82, 2.24) is 0 Å². The van der Waals surface area contributed by atoms with Crippen LogP contribution in [0.15, 0.2) is 0 Å². The molecule has 0 N–H and O–H groups in total. The summed E-state index contributed by atoms with van der Waals surface area (Å²) in [4.78, 5) is 0. The minimum Gasteiger partial charge on any atom is -0.854 e. The van der Waals surface area contributed by atoms with Crippen LogP contribution in [0.5, 0.6) is 0 Å². The van der Waals surface area contributed by atoms with E-state index < -0.39 is 5.60 Å². The van der Waals surface area contributed by atoms with Gasteiger partial charge < -0.3 is 10.2 Å². The van der Waals surface area contributed by atoms with E-state index in [0.29, 0.717) is 0 Å². The van der Waals surface area contributed by atoms with Crippen molar-refractivity contribution in [1.29, 1.82) is 0 Å². The fraction of sp³-hybridized carbons (Fsp3) is 1.00. The third kappa shape index (κ3) is 83.4. The van der Waals surface area contributed by atoms with Crippen molar-refractivity contribution in [3.05, 3.63) is 0 Å². The van der Waals surface area contributed by atoms with Crippen LogP contribution in [-0.4, -0.2) is 12.2 Å². The summed E-state index contributed by atoms with van der Waals surface area (Å²) in [5, 5.41) is 19.6. The molecule has 0 rings (SSSR count). The van der Waals surface area contributed by atoms with Crippen molar-refractivity contribution in [2.75, 3.05) is 6.61 Å². The zero-order chi connectivity index (χ0) is 8.62. The zero-order valence-electron chi connectivity index (χ0n) is 8.44. The van der Waals surface area contributed by atoms with Crippen LogP contribution in [0.1, 0.15) is 40.5 Å². The van der Waals surface area contributed by atoms with Crippen LogP contribution in [0, 0.1) is 0 Å². The summed E-state index contributed by atoms with van der Waals surface area (Å²) in [5.74, 6) is 0. The molecule has 0 unspecified atom stereocenters. The molecule has 0 aromatic carbocycles. The van der Waals surface area contributed by atoms with E-state index in [1.165, 1.54) is 0 Å². The standard InChI is InChI=1S/2C4H9O.K/c1-4(2,3)5;1-2-3-4-5;/h1-3H3;2-4H2,1H3;/q2*-1;+1. The normalized spacial score (nSPS) is 9.27. The molecule has 0 spiro atoms. The van der Waals surface area contributed by atoms with E-state index in [0.717, 1.165) is 12.8 Å². The minimum absolute atomic E-state index is 0. The second kappa shape index (κ2) is 11.6. The smallest absolute Gasteiger partial charge is 0.854 e. The summed E-state index contributed by atoms with van der Waals surface area (Å²) >= 11 is 0. The summed E-state index contributed by atoms with van der Waals surface area (Å²) in [6.45, 7) is 7.00. The third-order valence-corrected chi connectivity index (χ3v) is 0.498. The number of unbranched alkanes of at least 4 members (excludes halogenated alkanes) is 1. The average molecular weight is 185 g/mol. The molecule has 0 saturated carbocycles. The van der Waals surface area contributed by atoms with Gasteiger partial charge in [0.2, 0.25) is 0 Å². The van der Waals surface area contributed by atoms with Crippen molar-refractivity contribution < 1.29 is 61.6 Å². The predicted octanol–water partition coefficient (Wildman–Crippen LogP) is -2.70. The van der Waals surface area contributed by atoms with Gasteiger partial charge in [-0.2, -0.15) is 0 Å². The topological polar surface area (TPSA) is 46.1 Å². The molecule has 0 aliphatic carbocycles. The quantitative estimate of drug-likeness (QED) is 0.439. The largest absolute Gasteiger partial charge is 1.00 e. The summed E-state index contributed by atoms with van der Waals surface area (Å²) in [6, 6.07) is 0. The molecule has 0 amide bonds. The van der Waals surface area contributed by atoms with Crippen LogP contribution in [0.25, 0.3) is 0 Å². The van der Waals surface area contributed by atoms with Gasteiger partial charge in [-0.3, -0.25) is 0 Å². The maximum Gasteiger partial charge on any atom is 1.00 e. The molecule has 0 aromatic rings. The first-order valence-corrected chi connectivity index (χ1v) is 3.70. The molecule has 11 heavy (non-hydrogen) atoms. The van der Waals surface area contributed by atoms with E-state index in [2.05, 4.69) is 0 Å². The molecule has 0 atom stereocenters. The Hall–Kier alpha value is 1.56. The Morgan fingerprint density at radius 3 is 1.45 bits per heavy atom. The van der Waals surface area contributed by atoms with Gasteiger partial charge in [0, 0.05) is 0 Å². The average Bonchev–Trinajstić information content (AvgIpc) is 1.63. The van der Waals surface area contributed by atoms with Gasteiger partial charge in [0.1, 0.15) is 0 Å². The Bertz CT molecular complexity index is 51.6. The Kier molecular flexibility index (Phi) is 19.3. The number of rotatable bonds is 2. The molecule has 0 fully saturated rings. The Balaban J connectivity index is -0.000000107. The molecule has 0 aromatic heterocycles. The van der Waals surface area contributed by atoms with Gasteiger partial charge in [-0.25, -0.2) is 0 Å². The molecule has 0 radical (unpaired) electrons. The number of hydrogen-bond acceptors (Lipinski definition) is 2. The first kappa shape index (κ1) is 18.4. The van der Waals surface area contributed by atoms with Crippen molar-refractivity contribution in [2.45, 2.75) is 46.1 Å². The molecule has 0 saturated heterocycles. The molecular formula is C8H18KO2-. The Morgan fingerprint density at radius 2 is 1.45 bits per heavy atom. The van der Waals surface area contributed by atoms with Crippen molar-refractivity contribution in [3.63, 3.8) is 0 Å². The van der Waals surface area contributed by atoms with E-state index >= 15 is 0 Å². The van der Waals surface area contributed by atoms with Crippen molar-refractivity contribution in [2.24, 2.45) is 0 Å². The first-order valence-electron chi connectivity index (χ1n) is 3.70. The molecule has 2 nitrogen and oxygen atoms in total. The van der Waals surface area contributed by atoms with Crippen LogP contribution >= 0.6 is 0 Å². The SMILES string of the molecule is CC(C)(C)[O-].CCCC[O-].[K+]. The molecule has 0 aliphatic rings.